The van der Waals surface area contributed by atoms with Crippen molar-refractivity contribution in [2.75, 3.05) is 4.90 Å². The largest absolute Gasteiger partial charge is 0.310 e. The van der Waals surface area contributed by atoms with Crippen LogP contribution in [0.1, 0.15) is 0 Å². The van der Waals surface area contributed by atoms with E-state index < -0.39 is 0 Å². The quantitative estimate of drug-likeness (QED) is 0.174. The molecule has 0 amide bonds. The second-order valence-electron chi connectivity index (χ2n) is 12.8. The highest BCUT2D eigenvalue weighted by molar-refractivity contribution is 6.25. The van der Waals surface area contributed by atoms with Crippen molar-refractivity contribution in [3.63, 3.8) is 0 Å². The van der Waals surface area contributed by atoms with Crippen LogP contribution in [0.2, 0.25) is 0 Å². The van der Waals surface area contributed by atoms with E-state index in [1.165, 1.54) is 10.8 Å². The molecule has 0 saturated carbocycles. The lowest BCUT2D eigenvalue weighted by Gasteiger charge is -2.26. The number of pyridine rings is 3. The van der Waals surface area contributed by atoms with Crippen LogP contribution in [0.15, 0.2) is 182 Å². The van der Waals surface area contributed by atoms with Crippen molar-refractivity contribution in [3.8, 4) is 22.5 Å². The topological polar surface area (TPSA) is 41.9 Å². The summed E-state index contributed by atoms with van der Waals surface area (Å²) in [5, 5.41) is 7.86. The van der Waals surface area contributed by atoms with Crippen LogP contribution < -0.4 is 4.90 Å². The van der Waals surface area contributed by atoms with Crippen molar-refractivity contribution in [3.05, 3.63) is 182 Å². The average Bonchev–Trinajstić information content (AvgIpc) is 3.21. The molecule has 4 heteroatoms. The Morgan fingerprint density at radius 1 is 0.412 bits per heavy atom. The van der Waals surface area contributed by atoms with E-state index in [0.29, 0.717) is 0 Å². The number of aromatic nitrogens is 3. The summed E-state index contributed by atoms with van der Waals surface area (Å²) in [7, 11) is 0. The van der Waals surface area contributed by atoms with Crippen LogP contribution in [0, 0.1) is 0 Å². The summed E-state index contributed by atoms with van der Waals surface area (Å²) in [6.45, 7) is 0. The van der Waals surface area contributed by atoms with Crippen LogP contribution in [-0.2, 0) is 0 Å². The molecule has 0 aliphatic rings. The highest BCUT2D eigenvalue weighted by atomic mass is 15.1. The fourth-order valence-electron chi connectivity index (χ4n) is 7.50. The monoisotopic (exact) mass is 650 g/mol. The van der Waals surface area contributed by atoms with Gasteiger partial charge in [-0.2, -0.15) is 0 Å². The Hall–Kier alpha value is -6.91. The van der Waals surface area contributed by atoms with E-state index in [1.54, 1.807) is 0 Å². The Morgan fingerprint density at radius 3 is 1.80 bits per heavy atom. The summed E-state index contributed by atoms with van der Waals surface area (Å²) in [6.07, 6.45) is 1.84. The minimum absolute atomic E-state index is 0.906. The minimum atomic E-state index is 0.906. The average molecular weight is 651 g/mol. The first-order valence-electron chi connectivity index (χ1n) is 17.2. The molecule has 4 nitrogen and oxygen atoms in total. The van der Waals surface area contributed by atoms with Gasteiger partial charge in [-0.05, 0) is 65.4 Å². The molecule has 0 atom stereocenters. The summed E-state index contributed by atoms with van der Waals surface area (Å²) in [5.74, 6) is 0. The molecule has 0 radical (unpaired) electrons. The molecule has 0 N–H and O–H groups in total. The maximum absolute atomic E-state index is 5.48. The van der Waals surface area contributed by atoms with Crippen molar-refractivity contribution in [1.29, 1.82) is 0 Å². The molecule has 0 aliphatic carbocycles. The first-order chi connectivity index (χ1) is 25.3. The number of para-hydroxylation sites is 2. The third-order valence-electron chi connectivity index (χ3n) is 9.82. The van der Waals surface area contributed by atoms with Crippen LogP contribution in [0.25, 0.3) is 76.8 Å². The van der Waals surface area contributed by atoms with Gasteiger partial charge in [-0.1, -0.05) is 121 Å². The number of fused-ring (bicyclic) bond motifs is 8. The van der Waals surface area contributed by atoms with Crippen LogP contribution >= 0.6 is 0 Å². The zero-order chi connectivity index (χ0) is 33.7. The van der Waals surface area contributed by atoms with Crippen LogP contribution in [0.4, 0.5) is 17.1 Å². The molecule has 0 spiro atoms. The molecule has 0 aliphatic heterocycles. The molecular formula is C47H30N4. The molecule has 0 bridgehead atoms. The molecule has 0 unspecified atom stereocenters. The van der Waals surface area contributed by atoms with Gasteiger partial charge in [0.1, 0.15) is 0 Å². The number of rotatable bonds is 5. The highest BCUT2D eigenvalue weighted by Crippen LogP contribution is 2.43. The SMILES string of the molecule is c1ccc(-c2nc3cc(N(c4ccccc4)c4ccccc4)ccc3c3c2cc(-c2ccc4ccc5cccnc5c4n2)c2ccccc23)cc1. The Bertz CT molecular complexity index is 2870. The second kappa shape index (κ2) is 11.9. The van der Waals surface area contributed by atoms with Crippen LogP contribution in [0.3, 0.4) is 0 Å². The summed E-state index contributed by atoms with van der Waals surface area (Å²) < 4.78 is 0. The molecule has 0 fully saturated rings. The van der Waals surface area contributed by atoms with Gasteiger partial charge >= 0.3 is 0 Å². The van der Waals surface area contributed by atoms with E-state index in [9.17, 15) is 0 Å². The van der Waals surface area contributed by atoms with Crippen molar-refractivity contribution >= 4 is 71.3 Å². The first-order valence-corrected chi connectivity index (χ1v) is 17.2. The number of anilines is 3. The number of hydrogen-bond acceptors (Lipinski definition) is 4. The summed E-state index contributed by atoms with van der Waals surface area (Å²) in [6, 6.07) is 61.9. The zero-order valence-corrected chi connectivity index (χ0v) is 27.6. The standard InChI is InChI=1S/C47H30N4/c1-4-13-31(14-5-1)45-41-30-40(42-27-24-33-23-22-32-15-12-28-48-46(32)47(33)49-42)37-20-10-11-21-38(37)44(41)39-26-25-36(29-43(39)50-45)51(34-16-6-2-7-17-34)35-18-8-3-9-19-35/h1-30H. The van der Waals surface area contributed by atoms with Crippen LogP contribution in [-0.4, -0.2) is 15.0 Å². The van der Waals surface area contributed by atoms with Crippen molar-refractivity contribution in [1.82, 2.24) is 15.0 Å². The smallest absolute Gasteiger partial charge is 0.0972 e. The van der Waals surface area contributed by atoms with E-state index in [2.05, 4.69) is 175 Å². The summed E-state index contributed by atoms with van der Waals surface area (Å²) in [5.41, 5.74) is 9.99. The summed E-state index contributed by atoms with van der Waals surface area (Å²) >= 11 is 0. The molecule has 3 heterocycles. The predicted molar refractivity (Wildman–Crippen MR) is 213 cm³/mol. The van der Waals surface area contributed by atoms with Gasteiger partial charge in [-0.3, -0.25) is 4.98 Å². The van der Waals surface area contributed by atoms with Gasteiger partial charge in [-0.15, -0.1) is 0 Å². The van der Waals surface area contributed by atoms with Gasteiger partial charge in [0.2, 0.25) is 0 Å². The predicted octanol–water partition coefficient (Wildman–Crippen LogP) is 12.4. The number of hydrogen-bond donors (Lipinski definition) is 0. The van der Waals surface area contributed by atoms with Gasteiger partial charge in [0, 0.05) is 61.3 Å². The molecule has 0 saturated heterocycles. The van der Waals surface area contributed by atoms with Gasteiger partial charge in [0.25, 0.3) is 0 Å². The van der Waals surface area contributed by atoms with Gasteiger partial charge in [0.05, 0.1) is 27.9 Å². The highest BCUT2D eigenvalue weighted by Gasteiger charge is 2.19. The normalized spacial score (nSPS) is 11.5. The maximum atomic E-state index is 5.48. The lowest BCUT2D eigenvalue weighted by molar-refractivity contribution is 1.28. The van der Waals surface area contributed by atoms with E-state index in [0.717, 1.165) is 83.1 Å². The molecular weight excluding hydrogens is 621 g/mol. The summed E-state index contributed by atoms with van der Waals surface area (Å²) in [4.78, 5) is 17.8. The van der Waals surface area contributed by atoms with Gasteiger partial charge in [0.15, 0.2) is 0 Å². The van der Waals surface area contributed by atoms with Gasteiger partial charge < -0.3 is 4.90 Å². The minimum Gasteiger partial charge on any atom is -0.310 e. The Morgan fingerprint density at radius 2 is 1.06 bits per heavy atom. The lowest BCUT2D eigenvalue weighted by atomic mass is 9.91. The van der Waals surface area contributed by atoms with Crippen molar-refractivity contribution in [2.24, 2.45) is 0 Å². The third kappa shape index (κ3) is 4.88. The van der Waals surface area contributed by atoms with E-state index in [4.69, 9.17) is 15.0 Å². The first kappa shape index (κ1) is 29.0. The van der Waals surface area contributed by atoms with Crippen molar-refractivity contribution in [2.45, 2.75) is 0 Å². The molecule has 10 aromatic rings. The lowest BCUT2D eigenvalue weighted by Crippen LogP contribution is -2.09. The van der Waals surface area contributed by atoms with E-state index in [1.807, 2.05) is 12.3 Å². The molecule has 10 rings (SSSR count). The molecule has 7 aromatic carbocycles. The van der Waals surface area contributed by atoms with E-state index >= 15 is 0 Å². The third-order valence-corrected chi connectivity index (χ3v) is 9.82. The number of nitrogens with zero attached hydrogens (tertiary/aromatic N) is 4. The molecule has 51 heavy (non-hydrogen) atoms. The maximum Gasteiger partial charge on any atom is 0.0972 e. The van der Waals surface area contributed by atoms with Crippen LogP contribution in [0.5, 0.6) is 0 Å². The fraction of sp³-hybridized carbons (Fsp3) is 0. The zero-order valence-electron chi connectivity index (χ0n) is 27.6. The Kier molecular flexibility index (Phi) is 6.78. The Balaban J connectivity index is 1.27. The molecule has 238 valence electrons. The fourth-order valence-corrected chi connectivity index (χ4v) is 7.50. The molecule has 3 aromatic heterocycles. The van der Waals surface area contributed by atoms with Gasteiger partial charge in [-0.25, -0.2) is 9.97 Å². The Labute approximate surface area is 294 Å². The second-order valence-corrected chi connectivity index (χ2v) is 12.8. The van der Waals surface area contributed by atoms with Crippen molar-refractivity contribution < 1.29 is 0 Å². The van der Waals surface area contributed by atoms with E-state index in [-0.39, 0.29) is 0 Å². The number of benzene rings is 7.